The van der Waals surface area contributed by atoms with Gasteiger partial charge in [0, 0.05) is 23.8 Å². The highest BCUT2D eigenvalue weighted by Gasteiger charge is 2.93. The van der Waals surface area contributed by atoms with E-state index < -0.39 is 22.5 Å². The largest absolute Gasteiger partial charge is 0.453 e. The van der Waals surface area contributed by atoms with Crippen LogP contribution in [0.4, 0.5) is 0 Å². The molecule has 6 heteroatoms. The first-order valence-electron chi connectivity index (χ1n) is 16.2. The molecule has 8 atom stereocenters. The van der Waals surface area contributed by atoms with Gasteiger partial charge >= 0.3 is 11.9 Å². The van der Waals surface area contributed by atoms with Gasteiger partial charge in [-0.05, 0) is 74.5 Å². The zero-order valence-electron chi connectivity index (χ0n) is 25.1. The van der Waals surface area contributed by atoms with Crippen LogP contribution in [0.5, 0.6) is 0 Å². The summed E-state index contributed by atoms with van der Waals surface area (Å²) in [6.45, 7) is 6.94. The summed E-state index contributed by atoms with van der Waals surface area (Å²) in [5, 5.41) is 0. The van der Waals surface area contributed by atoms with Crippen LogP contribution in [0.25, 0.3) is 0 Å². The van der Waals surface area contributed by atoms with Gasteiger partial charge < -0.3 is 15.2 Å². The molecule has 0 amide bonds. The highest BCUT2D eigenvalue weighted by Crippen LogP contribution is 2.85. The molecule has 1 aromatic rings. The second-order valence-electron chi connectivity index (χ2n) is 13.5. The van der Waals surface area contributed by atoms with Crippen molar-refractivity contribution in [2.75, 3.05) is 6.54 Å². The third-order valence-electron chi connectivity index (χ3n) is 11.8. The van der Waals surface area contributed by atoms with Crippen molar-refractivity contribution in [3.05, 3.63) is 70.3 Å². The molecule has 7 rings (SSSR count). The number of carbonyl (C=O) groups is 3. The van der Waals surface area contributed by atoms with Gasteiger partial charge in [-0.3, -0.25) is 9.59 Å². The Balaban J connectivity index is 1.50. The number of ketones is 1. The summed E-state index contributed by atoms with van der Waals surface area (Å²) in [6.07, 6.45) is 14.5. The number of rotatable bonds is 8. The molecule has 6 nitrogen and oxygen atoms in total. The third-order valence-corrected chi connectivity index (χ3v) is 11.8. The van der Waals surface area contributed by atoms with Crippen molar-refractivity contribution < 1.29 is 23.9 Å². The molecule has 2 N–H and O–H groups in total. The van der Waals surface area contributed by atoms with Gasteiger partial charge in [-0.2, -0.15) is 0 Å². The minimum absolute atomic E-state index is 0.0567. The van der Waals surface area contributed by atoms with Crippen molar-refractivity contribution in [1.29, 1.82) is 0 Å². The first-order chi connectivity index (χ1) is 20.3. The number of hydrogen-bond donors (Lipinski definition) is 1. The van der Waals surface area contributed by atoms with Crippen molar-refractivity contribution >= 4 is 17.7 Å². The predicted molar refractivity (Wildman–Crippen MR) is 159 cm³/mol. The number of fused-ring (bicyclic) bond motifs is 4. The summed E-state index contributed by atoms with van der Waals surface area (Å²) in [7, 11) is 0. The number of hydrogen-bond acceptors (Lipinski definition) is 6. The van der Waals surface area contributed by atoms with E-state index in [4.69, 9.17) is 15.2 Å². The molecule has 2 heterocycles. The molecule has 0 aromatic heterocycles. The average Bonchev–Trinajstić information content (AvgIpc) is 3.44. The number of allylic oxidation sites excluding steroid dienone is 5. The zero-order valence-corrected chi connectivity index (χ0v) is 25.1. The minimum Gasteiger partial charge on any atom is -0.453 e. The normalized spacial score (nSPS) is 38.7. The number of ether oxygens (including phenoxy) is 2. The Bertz CT molecular complexity index is 1450. The Morgan fingerprint density at radius 3 is 2.74 bits per heavy atom. The molecule has 8 unspecified atom stereocenters. The summed E-state index contributed by atoms with van der Waals surface area (Å²) in [5.74, 6) is 0.171. The van der Waals surface area contributed by atoms with Gasteiger partial charge in [0.1, 0.15) is 5.41 Å². The van der Waals surface area contributed by atoms with Gasteiger partial charge in [-0.25, -0.2) is 4.79 Å². The van der Waals surface area contributed by atoms with Crippen LogP contribution in [0, 0.1) is 34.5 Å². The maximum absolute atomic E-state index is 14.6. The SMILES string of the molecule is CCCC(=O)C1OC(=O)C23C4=C(CCC12C1(OC(=O)c2c(CCCN)cccc21)C3CCC)C1C=CCC(C)C1C=C4. The molecule has 1 saturated carbocycles. The lowest BCUT2D eigenvalue weighted by Crippen LogP contribution is -2.79. The number of aryl methyl sites for hydroxylation is 1. The van der Waals surface area contributed by atoms with E-state index in [1.165, 1.54) is 5.57 Å². The van der Waals surface area contributed by atoms with Crippen molar-refractivity contribution in [3.8, 4) is 0 Å². The second kappa shape index (κ2) is 9.77. The fourth-order valence-corrected chi connectivity index (χ4v) is 10.4. The molecule has 0 radical (unpaired) electrons. The minimum atomic E-state index is -1.09. The number of benzene rings is 1. The van der Waals surface area contributed by atoms with Crippen LogP contribution in [-0.2, 0) is 31.1 Å². The molecule has 1 saturated heterocycles. The molecule has 42 heavy (non-hydrogen) atoms. The van der Waals surface area contributed by atoms with Gasteiger partial charge in [-0.15, -0.1) is 0 Å². The maximum atomic E-state index is 14.6. The second-order valence-corrected chi connectivity index (χ2v) is 13.5. The topological polar surface area (TPSA) is 95.7 Å². The Hall–Kier alpha value is -2.99. The molecule has 1 spiro atoms. The first kappa shape index (κ1) is 27.8. The molecule has 2 aliphatic heterocycles. The standard InChI is InChI=1S/C36H43NO5/c1-4-9-28(38)31-34-19-18-25-24-14-6-11-21(3)23(24)16-17-26(25)35(34,33(40)41-31)29(10-5-2)36(34)27-15-7-12-22(13-8-20-37)30(27)32(39)42-36/h6-7,12,14-17,21,23-24,29,31H,4-5,8-11,13,18-20,37H2,1-3H3. The van der Waals surface area contributed by atoms with E-state index in [2.05, 4.69) is 38.2 Å². The number of nitrogens with two attached hydrogens (primary N) is 1. The van der Waals surface area contributed by atoms with E-state index in [1.807, 2.05) is 25.1 Å². The lowest BCUT2D eigenvalue weighted by Gasteiger charge is -2.72. The van der Waals surface area contributed by atoms with Crippen LogP contribution in [-0.4, -0.2) is 30.4 Å². The monoisotopic (exact) mass is 569 g/mol. The molecule has 222 valence electrons. The molecular formula is C36H43NO5. The summed E-state index contributed by atoms with van der Waals surface area (Å²) in [6, 6.07) is 6.01. The molecule has 2 fully saturated rings. The summed E-state index contributed by atoms with van der Waals surface area (Å²) in [5.41, 5.74) is 7.52. The van der Waals surface area contributed by atoms with Gasteiger partial charge in [0.25, 0.3) is 0 Å². The zero-order chi connectivity index (χ0) is 29.4. The van der Waals surface area contributed by atoms with Gasteiger partial charge in [0.2, 0.25) is 0 Å². The summed E-state index contributed by atoms with van der Waals surface area (Å²) in [4.78, 5) is 42.5. The molecule has 4 aliphatic carbocycles. The van der Waals surface area contributed by atoms with Crippen LogP contribution in [0.15, 0.2) is 53.6 Å². The molecular weight excluding hydrogens is 526 g/mol. The van der Waals surface area contributed by atoms with Crippen molar-refractivity contribution in [3.63, 3.8) is 0 Å². The summed E-state index contributed by atoms with van der Waals surface area (Å²) < 4.78 is 13.0. The Kier molecular flexibility index (Phi) is 6.47. The molecule has 1 aromatic carbocycles. The van der Waals surface area contributed by atoms with Gasteiger partial charge in [0.15, 0.2) is 17.5 Å². The highest BCUT2D eigenvalue weighted by atomic mass is 16.6. The maximum Gasteiger partial charge on any atom is 0.339 e. The van der Waals surface area contributed by atoms with Crippen molar-refractivity contribution in [1.82, 2.24) is 0 Å². The fraction of sp³-hybridized carbons (Fsp3) is 0.583. The smallest absolute Gasteiger partial charge is 0.339 e. The third kappa shape index (κ3) is 3.07. The van der Waals surface area contributed by atoms with E-state index in [0.717, 1.165) is 42.4 Å². The van der Waals surface area contributed by atoms with Crippen LogP contribution in [0.1, 0.15) is 93.6 Å². The van der Waals surface area contributed by atoms with Crippen LogP contribution in [0.2, 0.25) is 0 Å². The van der Waals surface area contributed by atoms with Gasteiger partial charge in [-0.1, -0.05) is 75.3 Å². The van der Waals surface area contributed by atoms with Crippen LogP contribution in [0.3, 0.4) is 0 Å². The van der Waals surface area contributed by atoms with Crippen molar-refractivity contribution in [2.45, 2.75) is 90.3 Å². The van der Waals surface area contributed by atoms with Crippen LogP contribution >= 0.6 is 0 Å². The van der Waals surface area contributed by atoms with E-state index >= 15 is 0 Å². The lowest BCUT2D eigenvalue weighted by atomic mass is 9.28. The number of Topliss-reactive ketones (excluding diaryl/α,β-unsaturated/α-hetero) is 1. The van der Waals surface area contributed by atoms with Gasteiger partial charge in [0.05, 0.1) is 11.0 Å². The first-order valence-corrected chi connectivity index (χ1v) is 16.2. The number of esters is 2. The molecule has 6 aliphatic rings. The highest BCUT2D eigenvalue weighted by molar-refractivity contribution is 6.02. The summed E-state index contributed by atoms with van der Waals surface area (Å²) >= 11 is 0. The van der Waals surface area contributed by atoms with Crippen molar-refractivity contribution in [2.24, 2.45) is 40.2 Å². The number of cyclic esters (lactones) is 1. The van der Waals surface area contributed by atoms with E-state index in [0.29, 0.717) is 56.0 Å². The predicted octanol–water partition coefficient (Wildman–Crippen LogP) is 6.13. The quantitative estimate of drug-likeness (QED) is 0.299. The van der Waals surface area contributed by atoms with E-state index in [9.17, 15) is 14.4 Å². The Morgan fingerprint density at radius 1 is 1.14 bits per heavy atom. The fourth-order valence-electron chi connectivity index (χ4n) is 10.4. The Morgan fingerprint density at radius 2 is 1.98 bits per heavy atom. The molecule has 0 bridgehead atoms. The Labute approximate surface area is 248 Å². The van der Waals surface area contributed by atoms with E-state index in [-0.39, 0.29) is 29.6 Å². The van der Waals surface area contributed by atoms with E-state index in [1.54, 1.807) is 0 Å². The number of carbonyl (C=O) groups excluding carboxylic acids is 3. The average molecular weight is 570 g/mol. The lowest BCUT2D eigenvalue weighted by molar-refractivity contribution is -0.295. The van der Waals surface area contributed by atoms with Crippen LogP contribution < -0.4 is 5.73 Å².